The van der Waals surface area contributed by atoms with E-state index in [9.17, 15) is 26.5 Å². The van der Waals surface area contributed by atoms with Crippen LogP contribution in [0.4, 0.5) is 22.0 Å². The van der Waals surface area contributed by atoms with E-state index in [2.05, 4.69) is 4.52 Å². The Kier molecular flexibility index (Phi) is 3.22. The lowest BCUT2D eigenvalue weighted by Gasteiger charge is -2.10. The second-order valence-corrected chi connectivity index (χ2v) is 3.64. The average Bonchev–Trinajstić information content (AvgIpc) is 2.17. The molecule has 4 nitrogen and oxygen atoms in total. The van der Waals surface area contributed by atoms with Crippen LogP contribution < -0.4 is 4.52 Å². The second-order valence-electron chi connectivity index (χ2n) is 2.48. The fourth-order valence-electron chi connectivity index (χ4n) is 0.784. The minimum Gasteiger partial charge on any atom is -0.398 e. The van der Waals surface area contributed by atoms with Gasteiger partial charge in [-0.15, -0.1) is 0 Å². The molecule has 0 spiro atoms. The number of hydrogen-bond acceptors (Lipinski definition) is 2. The molecule has 0 unspecified atom stereocenters. The maximum Gasteiger partial charge on any atom is 0.525 e. The third-order valence-corrected chi connectivity index (χ3v) is 1.80. The summed E-state index contributed by atoms with van der Waals surface area (Å²) in [6.07, 6.45) is 0. The monoisotopic (exact) mass is 264 g/mol. The number of phosphoric acid groups is 1. The van der Waals surface area contributed by atoms with Crippen LogP contribution in [0, 0.1) is 29.1 Å². The molecule has 0 saturated carbocycles. The Morgan fingerprint density at radius 3 is 1.44 bits per heavy atom. The van der Waals surface area contributed by atoms with Crippen molar-refractivity contribution in [3.05, 3.63) is 29.1 Å². The summed E-state index contributed by atoms with van der Waals surface area (Å²) in [5.41, 5.74) is 0. The van der Waals surface area contributed by atoms with Gasteiger partial charge in [-0.05, 0) is 0 Å². The fraction of sp³-hybridized carbons (Fsp3) is 0. The topological polar surface area (TPSA) is 66.8 Å². The van der Waals surface area contributed by atoms with Crippen LogP contribution in [0.5, 0.6) is 5.75 Å². The number of benzene rings is 1. The van der Waals surface area contributed by atoms with E-state index in [1.807, 2.05) is 0 Å². The lowest BCUT2D eigenvalue weighted by atomic mass is 10.3. The van der Waals surface area contributed by atoms with E-state index in [1.165, 1.54) is 0 Å². The average molecular weight is 264 g/mol. The maximum atomic E-state index is 12.7. The zero-order chi connectivity index (χ0) is 12.7. The van der Waals surface area contributed by atoms with Crippen molar-refractivity contribution in [2.45, 2.75) is 0 Å². The van der Waals surface area contributed by atoms with Gasteiger partial charge in [-0.2, -0.15) is 8.78 Å². The molecule has 90 valence electrons. The van der Waals surface area contributed by atoms with Crippen LogP contribution in [0.2, 0.25) is 0 Å². The quantitative estimate of drug-likeness (QED) is 0.370. The summed E-state index contributed by atoms with van der Waals surface area (Å²) in [5, 5.41) is 0. The number of rotatable bonds is 2. The molecular formula is C6H2F5O4P. The summed E-state index contributed by atoms with van der Waals surface area (Å²) in [5.74, 6) is -14.1. The van der Waals surface area contributed by atoms with Gasteiger partial charge < -0.3 is 4.52 Å². The molecule has 0 aliphatic heterocycles. The number of halogens is 5. The van der Waals surface area contributed by atoms with Crippen molar-refractivity contribution in [1.29, 1.82) is 0 Å². The number of phosphoric ester groups is 1. The van der Waals surface area contributed by atoms with Crippen LogP contribution >= 0.6 is 7.82 Å². The van der Waals surface area contributed by atoms with E-state index in [1.54, 1.807) is 0 Å². The van der Waals surface area contributed by atoms with Gasteiger partial charge in [0.2, 0.25) is 34.8 Å². The summed E-state index contributed by atoms with van der Waals surface area (Å²) >= 11 is 0. The van der Waals surface area contributed by atoms with Gasteiger partial charge in [0.25, 0.3) is 0 Å². The fourth-order valence-corrected chi connectivity index (χ4v) is 1.18. The largest absolute Gasteiger partial charge is 0.525 e. The predicted molar refractivity (Wildman–Crippen MR) is 38.9 cm³/mol. The molecule has 1 aromatic rings. The summed E-state index contributed by atoms with van der Waals surface area (Å²) in [6, 6.07) is 0. The highest BCUT2D eigenvalue weighted by Crippen LogP contribution is 2.41. The minimum atomic E-state index is -5.43. The van der Waals surface area contributed by atoms with E-state index in [0.29, 0.717) is 0 Å². The Balaban J connectivity index is 3.46. The molecule has 0 fully saturated rings. The van der Waals surface area contributed by atoms with Crippen molar-refractivity contribution in [2.24, 2.45) is 0 Å². The van der Waals surface area contributed by atoms with Crippen molar-refractivity contribution in [3.63, 3.8) is 0 Å². The third kappa shape index (κ3) is 2.31. The van der Waals surface area contributed by atoms with Crippen LogP contribution in [0.3, 0.4) is 0 Å². The molecule has 0 heterocycles. The molecule has 0 aliphatic rings. The highest BCUT2D eigenvalue weighted by molar-refractivity contribution is 7.46. The zero-order valence-corrected chi connectivity index (χ0v) is 7.94. The molecule has 2 N–H and O–H groups in total. The van der Waals surface area contributed by atoms with Crippen molar-refractivity contribution in [1.82, 2.24) is 0 Å². The first-order chi connectivity index (χ1) is 7.15. The summed E-state index contributed by atoms with van der Waals surface area (Å²) in [6.45, 7) is 0. The standard InChI is InChI=1S/C6H2F5O4P/c7-1-2(8)4(10)6(5(11)3(1)9)15-16(12,13)14/h(H2,12,13,14). The third-order valence-electron chi connectivity index (χ3n) is 1.38. The SMILES string of the molecule is O=P(O)(O)Oc1c(F)c(F)c(F)c(F)c1F. The van der Waals surface area contributed by atoms with Crippen LogP contribution in [-0.2, 0) is 4.57 Å². The molecule has 16 heavy (non-hydrogen) atoms. The molecule has 0 radical (unpaired) electrons. The highest BCUT2D eigenvalue weighted by atomic mass is 31.2. The molecule has 10 heteroatoms. The Labute approximate surface area is 84.5 Å². The van der Waals surface area contributed by atoms with Gasteiger partial charge >= 0.3 is 7.82 Å². The molecule has 1 aromatic carbocycles. The predicted octanol–water partition coefficient (Wildman–Crippen LogP) is 1.85. The van der Waals surface area contributed by atoms with Crippen molar-refractivity contribution in [3.8, 4) is 5.75 Å². The smallest absolute Gasteiger partial charge is 0.398 e. The molecule has 1 rings (SSSR count). The van der Waals surface area contributed by atoms with Crippen LogP contribution in [-0.4, -0.2) is 9.79 Å². The lowest BCUT2D eigenvalue weighted by Crippen LogP contribution is -2.05. The van der Waals surface area contributed by atoms with E-state index in [0.717, 1.165) is 0 Å². The van der Waals surface area contributed by atoms with Crippen molar-refractivity contribution >= 4 is 7.82 Å². The second kappa shape index (κ2) is 4.00. The van der Waals surface area contributed by atoms with Gasteiger partial charge in [-0.1, -0.05) is 0 Å². The first-order valence-corrected chi connectivity index (χ1v) is 4.94. The first-order valence-electron chi connectivity index (χ1n) is 3.41. The van der Waals surface area contributed by atoms with Crippen molar-refractivity contribution < 1.29 is 40.8 Å². The molecular weight excluding hydrogens is 262 g/mol. The summed E-state index contributed by atoms with van der Waals surface area (Å²) < 4.78 is 76.5. The molecule has 0 bridgehead atoms. The lowest BCUT2D eigenvalue weighted by molar-refractivity contribution is 0.263. The summed E-state index contributed by atoms with van der Waals surface area (Å²) in [7, 11) is -5.43. The van der Waals surface area contributed by atoms with E-state index < -0.39 is 42.7 Å². The molecule has 0 atom stereocenters. The van der Waals surface area contributed by atoms with Gasteiger partial charge in [0.1, 0.15) is 0 Å². The minimum absolute atomic E-state index is 2.02. The van der Waals surface area contributed by atoms with E-state index in [-0.39, 0.29) is 0 Å². The van der Waals surface area contributed by atoms with Gasteiger partial charge in [0.15, 0.2) is 0 Å². The maximum absolute atomic E-state index is 12.7. The molecule has 0 aliphatic carbocycles. The molecule has 0 amide bonds. The first kappa shape index (κ1) is 12.9. The van der Waals surface area contributed by atoms with Gasteiger partial charge in [-0.3, -0.25) is 9.79 Å². The van der Waals surface area contributed by atoms with Crippen LogP contribution in [0.15, 0.2) is 0 Å². The highest BCUT2D eigenvalue weighted by Gasteiger charge is 2.31. The Hall–Kier alpha value is -1.18. The van der Waals surface area contributed by atoms with Crippen LogP contribution in [0.1, 0.15) is 0 Å². The van der Waals surface area contributed by atoms with Gasteiger partial charge in [0.05, 0.1) is 0 Å². The van der Waals surface area contributed by atoms with Gasteiger partial charge in [0, 0.05) is 0 Å². The van der Waals surface area contributed by atoms with Crippen LogP contribution in [0.25, 0.3) is 0 Å². The Morgan fingerprint density at radius 2 is 1.12 bits per heavy atom. The molecule has 0 saturated heterocycles. The van der Waals surface area contributed by atoms with E-state index in [4.69, 9.17) is 9.79 Å². The Bertz CT molecular complexity index is 455. The summed E-state index contributed by atoms with van der Waals surface area (Å²) in [4.78, 5) is 16.4. The normalized spacial score (nSPS) is 11.7. The van der Waals surface area contributed by atoms with E-state index >= 15 is 0 Å². The Morgan fingerprint density at radius 1 is 0.812 bits per heavy atom. The van der Waals surface area contributed by atoms with Gasteiger partial charge in [-0.25, -0.2) is 17.7 Å². The number of hydrogen-bond donors (Lipinski definition) is 2. The molecule has 0 aromatic heterocycles. The zero-order valence-electron chi connectivity index (χ0n) is 7.05. The van der Waals surface area contributed by atoms with Crippen molar-refractivity contribution in [2.75, 3.05) is 0 Å².